The zero-order valence-corrected chi connectivity index (χ0v) is 18.3. The average molecular weight is 443 g/mol. The summed E-state index contributed by atoms with van der Waals surface area (Å²) in [5.74, 6) is 1.56. The first-order valence-corrected chi connectivity index (χ1v) is 10.3. The van der Waals surface area contributed by atoms with Gasteiger partial charge in [-0.1, -0.05) is 17.3 Å². The fourth-order valence-electron chi connectivity index (χ4n) is 3.81. The van der Waals surface area contributed by atoms with Crippen molar-refractivity contribution in [2.45, 2.75) is 13.0 Å². The monoisotopic (exact) mass is 443 g/mol. The van der Waals surface area contributed by atoms with Crippen LogP contribution in [0, 0.1) is 6.92 Å². The molecule has 0 fully saturated rings. The molecular formula is C24H21N5O4. The molecule has 1 atom stereocenters. The highest BCUT2D eigenvalue weighted by molar-refractivity contribution is 6.07. The molecule has 1 N–H and O–H groups in total. The van der Waals surface area contributed by atoms with Crippen LogP contribution in [0.5, 0.6) is 5.75 Å². The number of amides is 1. The molecule has 0 aliphatic heterocycles. The van der Waals surface area contributed by atoms with Crippen molar-refractivity contribution in [3.8, 4) is 17.2 Å². The van der Waals surface area contributed by atoms with Crippen molar-refractivity contribution < 1.29 is 18.5 Å². The number of benzene rings is 1. The Morgan fingerprint density at radius 2 is 2.09 bits per heavy atom. The minimum atomic E-state index is -0.525. The van der Waals surface area contributed by atoms with Gasteiger partial charge in [0.2, 0.25) is 0 Å². The van der Waals surface area contributed by atoms with E-state index in [-0.39, 0.29) is 11.6 Å². The third-order valence-electron chi connectivity index (χ3n) is 5.45. The second kappa shape index (κ2) is 8.27. The quantitative estimate of drug-likeness (QED) is 0.422. The Labute approximate surface area is 189 Å². The Bertz CT molecular complexity index is 1430. The molecule has 1 amide bonds. The average Bonchev–Trinajstić information content (AvgIpc) is 3.59. The lowest BCUT2D eigenvalue weighted by Crippen LogP contribution is -2.31. The first-order valence-electron chi connectivity index (χ1n) is 10.3. The zero-order chi connectivity index (χ0) is 22.9. The number of hydrogen-bond acceptors (Lipinski definition) is 7. The molecule has 0 bridgehead atoms. The van der Waals surface area contributed by atoms with Gasteiger partial charge >= 0.3 is 0 Å². The van der Waals surface area contributed by atoms with Gasteiger partial charge in [-0.3, -0.25) is 4.79 Å². The van der Waals surface area contributed by atoms with E-state index in [2.05, 4.69) is 20.4 Å². The highest BCUT2D eigenvalue weighted by Crippen LogP contribution is 2.29. The number of pyridine rings is 1. The van der Waals surface area contributed by atoms with E-state index in [9.17, 15) is 4.79 Å². The van der Waals surface area contributed by atoms with Gasteiger partial charge in [0.15, 0.2) is 5.76 Å². The summed E-state index contributed by atoms with van der Waals surface area (Å²) in [6.45, 7) is 1.77. The largest absolute Gasteiger partial charge is 0.497 e. The Kier molecular flexibility index (Phi) is 5.14. The molecule has 166 valence electrons. The number of ether oxygens (including phenoxy) is 1. The highest BCUT2D eigenvalue weighted by atomic mass is 16.5. The summed E-state index contributed by atoms with van der Waals surface area (Å²) in [5, 5.41) is 7.67. The van der Waals surface area contributed by atoms with Crippen molar-refractivity contribution in [3.05, 3.63) is 83.8 Å². The highest BCUT2D eigenvalue weighted by Gasteiger charge is 2.25. The van der Waals surface area contributed by atoms with Crippen LogP contribution in [0.4, 0.5) is 0 Å². The molecule has 5 rings (SSSR count). The first kappa shape index (κ1) is 20.5. The van der Waals surface area contributed by atoms with Crippen molar-refractivity contribution in [1.82, 2.24) is 25.0 Å². The van der Waals surface area contributed by atoms with E-state index in [1.165, 1.54) is 0 Å². The number of carbonyl (C=O) groups is 1. The van der Waals surface area contributed by atoms with Crippen LogP contribution >= 0.6 is 0 Å². The third kappa shape index (κ3) is 3.73. The summed E-state index contributed by atoms with van der Waals surface area (Å²) < 4.78 is 18.1. The van der Waals surface area contributed by atoms with Crippen LogP contribution in [-0.2, 0) is 7.05 Å². The number of imidazole rings is 1. The first-order chi connectivity index (χ1) is 16.0. The van der Waals surface area contributed by atoms with Crippen LogP contribution in [0.3, 0.4) is 0 Å². The summed E-state index contributed by atoms with van der Waals surface area (Å²) in [6, 6.07) is 12.2. The second-order valence-corrected chi connectivity index (χ2v) is 7.56. The summed E-state index contributed by atoms with van der Waals surface area (Å²) in [7, 11) is 3.48. The number of rotatable bonds is 6. The smallest absolute Gasteiger partial charge is 0.259 e. The van der Waals surface area contributed by atoms with Crippen LogP contribution in [0.1, 0.15) is 33.5 Å². The zero-order valence-electron chi connectivity index (χ0n) is 18.3. The maximum absolute atomic E-state index is 13.7. The third-order valence-corrected chi connectivity index (χ3v) is 5.45. The lowest BCUT2D eigenvalue weighted by atomic mass is 10.0. The number of hydrogen-bond donors (Lipinski definition) is 1. The van der Waals surface area contributed by atoms with Crippen LogP contribution in [0.15, 0.2) is 70.1 Å². The molecule has 0 radical (unpaired) electrons. The van der Waals surface area contributed by atoms with Gasteiger partial charge < -0.3 is 23.6 Å². The topological polar surface area (TPSA) is 108 Å². The Balaban J connectivity index is 1.60. The molecule has 0 aliphatic carbocycles. The maximum atomic E-state index is 13.7. The minimum absolute atomic E-state index is 0.265. The molecule has 1 unspecified atom stereocenters. The molecule has 4 heterocycles. The minimum Gasteiger partial charge on any atom is -0.497 e. The van der Waals surface area contributed by atoms with Gasteiger partial charge in [0.25, 0.3) is 11.6 Å². The van der Waals surface area contributed by atoms with Crippen LogP contribution in [-0.4, -0.2) is 32.7 Å². The molecule has 9 nitrogen and oxygen atoms in total. The maximum Gasteiger partial charge on any atom is 0.259 e. The molecule has 1 aromatic carbocycles. The standard InChI is InChI=1S/C24H21N5O4/c1-14-20-17(13-18(19-8-5-11-32-19)26-24(20)33-28-14)23(30)27-21(22-25-9-10-29(22)2)15-6-4-7-16(12-15)31-3/h4-13,21H,1-3H3,(H,27,30). The van der Waals surface area contributed by atoms with Crippen LogP contribution in [0.2, 0.25) is 0 Å². The molecule has 0 saturated heterocycles. The van der Waals surface area contributed by atoms with E-state index in [1.807, 2.05) is 42.1 Å². The van der Waals surface area contributed by atoms with Gasteiger partial charge in [-0.25, -0.2) is 9.97 Å². The van der Waals surface area contributed by atoms with Gasteiger partial charge in [0.05, 0.1) is 30.0 Å². The fourth-order valence-corrected chi connectivity index (χ4v) is 3.81. The molecule has 9 heteroatoms. The molecule has 0 saturated carbocycles. The number of fused-ring (bicyclic) bond motifs is 1. The van der Waals surface area contributed by atoms with Crippen molar-refractivity contribution in [3.63, 3.8) is 0 Å². The summed E-state index contributed by atoms with van der Waals surface area (Å²) in [4.78, 5) is 22.6. The van der Waals surface area contributed by atoms with Gasteiger partial charge in [-0.15, -0.1) is 0 Å². The SMILES string of the molecule is COc1cccc(C(NC(=O)c2cc(-c3ccco3)nc3onc(C)c23)c2nccn2C)c1. The second-order valence-electron chi connectivity index (χ2n) is 7.56. The van der Waals surface area contributed by atoms with E-state index in [0.717, 1.165) is 5.56 Å². The van der Waals surface area contributed by atoms with Crippen molar-refractivity contribution in [1.29, 1.82) is 0 Å². The summed E-state index contributed by atoms with van der Waals surface area (Å²) >= 11 is 0. The number of carbonyl (C=O) groups excluding carboxylic acids is 1. The normalized spacial score (nSPS) is 12.1. The van der Waals surface area contributed by atoms with Crippen LogP contribution in [0.25, 0.3) is 22.6 Å². The van der Waals surface area contributed by atoms with E-state index in [4.69, 9.17) is 13.7 Å². The Hall–Kier alpha value is -4.40. The molecule has 4 aromatic heterocycles. The predicted molar refractivity (Wildman–Crippen MR) is 120 cm³/mol. The Morgan fingerprint density at radius 1 is 1.21 bits per heavy atom. The van der Waals surface area contributed by atoms with Crippen LogP contribution < -0.4 is 10.1 Å². The number of aromatic nitrogens is 4. The number of nitrogens with zero attached hydrogens (tertiary/aromatic N) is 4. The molecular weight excluding hydrogens is 422 g/mol. The van der Waals surface area contributed by atoms with Gasteiger partial charge in [0.1, 0.15) is 23.3 Å². The van der Waals surface area contributed by atoms with Gasteiger partial charge in [0, 0.05) is 19.4 Å². The van der Waals surface area contributed by atoms with E-state index < -0.39 is 6.04 Å². The fraction of sp³-hybridized carbons (Fsp3) is 0.167. The summed E-state index contributed by atoms with van der Waals surface area (Å²) in [6.07, 6.45) is 5.07. The molecule has 0 aliphatic rings. The number of furan rings is 1. The predicted octanol–water partition coefficient (Wildman–Crippen LogP) is 4.05. The number of aryl methyl sites for hydroxylation is 2. The lowest BCUT2D eigenvalue weighted by molar-refractivity contribution is 0.0942. The van der Waals surface area contributed by atoms with E-state index in [0.29, 0.717) is 39.7 Å². The number of nitrogens with one attached hydrogen (secondary N) is 1. The van der Waals surface area contributed by atoms with Crippen molar-refractivity contribution in [2.75, 3.05) is 7.11 Å². The van der Waals surface area contributed by atoms with E-state index >= 15 is 0 Å². The summed E-state index contributed by atoms with van der Waals surface area (Å²) in [5.41, 5.74) is 2.52. The van der Waals surface area contributed by atoms with Gasteiger partial charge in [-0.2, -0.15) is 0 Å². The Morgan fingerprint density at radius 3 is 2.82 bits per heavy atom. The lowest BCUT2D eigenvalue weighted by Gasteiger charge is -2.20. The molecule has 5 aromatic rings. The van der Waals surface area contributed by atoms with Crippen molar-refractivity contribution in [2.24, 2.45) is 7.05 Å². The van der Waals surface area contributed by atoms with Crippen molar-refractivity contribution >= 4 is 17.0 Å². The number of methoxy groups -OCH3 is 1. The van der Waals surface area contributed by atoms with Gasteiger partial charge in [-0.05, 0) is 42.8 Å². The van der Waals surface area contributed by atoms with E-state index in [1.54, 1.807) is 44.7 Å². The molecule has 33 heavy (non-hydrogen) atoms. The molecule has 0 spiro atoms.